The fraction of sp³-hybridized carbons (Fsp3) is 0.400. The van der Waals surface area contributed by atoms with Gasteiger partial charge in [0, 0.05) is 13.5 Å². The molecule has 3 heteroatoms. The number of hydrogen-bond acceptors (Lipinski definition) is 3. The lowest BCUT2D eigenvalue weighted by molar-refractivity contribution is -0.119. The van der Waals surface area contributed by atoms with Crippen molar-refractivity contribution in [3.05, 3.63) is 35.4 Å². The Bertz CT molecular complexity index is 445. The number of benzene rings is 1. The molecular formula is C15H18O3. The van der Waals surface area contributed by atoms with Crippen molar-refractivity contribution in [1.29, 1.82) is 0 Å². The first-order chi connectivity index (χ1) is 8.72. The average molecular weight is 246 g/mol. The molecule has 18 heavy (non-hydrogen) atoms. The Kier molecular flexibility index (Phi) is 4.15. The summed E-state index contributed by atoms with van der Waals surface area (Å²) in [5.41, 5.74) is 1.93. The molecule has 1 unspecified atom stereocenters. The Morgan fingerprint density at radius 2 is 1.94 bits per heavy atom. The normalized spacial score (nSPS) is 22.2. The summed E-state index contributed by atoms with van der Waals surface area (Å²) < 4.78 is 10.3. The van der Waals surface area contributed by atoms with Crippen molar-refractivity contribution in [3.63, 3.8) is 0 Å². The highest BCUT2D eigenvalue weighted by atomic mass is 16.5. The Balaban J connectivity index is 2.10. The summed E-state index contributed by atoms with van der Waals surface area (Å²) in [5, 5.41) is 0. The molecule has 0 heterocycles. The molecule has 1 atom stereocenters. The minimum Gasteiger partial charge on any atom is -0.497 e. The number of allylic oxidation sites excluding steroid dienone is 1. The second-order valence-corrected chi connectivity index (χ2v) is 4.47. The van der Waals surface area contributed by atoms with E-state index in [9.17, 15) is 4.79 Å². The first-order valence-electron chi connectivity index (χ1n) is 6.13. The van der Waals surface area contributed by atoms with Gasteiger partial charge in [0.05, 0.1) is 13.2 Å². The van der Waals surface area contributed by atoms with Gasteiger partial charge in [0.15, 0.2) is 5.78 Å². The summed E-state index contributed by atoms with van der Waals surface area (Å²) in [6.07, 6.45) is 4.27. The number of carbonyl (C=O) groups is 1. The Morgan fingerprint density at radius 3 is 2.50 bits per heavy atom. The molecule has 0 N–H and O–H groups in total. The number of Topliss-reactive ketones (excluding diaryl/α,β-unsaturated/α-hetero) is 1. The average Bonchev–Trinajstić information content (AvgIpc) is 2.42. The van der Waals surface area contributed by atoms with Gasteiger partial charge in [0.1, 0.15) is 5.75 Å². The van der Waals surface area contributed by atoms with Crippen LogP contribution in [0.25, 0.3) is 6.08 Å². The maximum atomic E-state index is 11.9. The first-order valence-corrected chi connectivity index (χ1v) is 6.13. The molecule has 96 valence electrons. The second-order valence-electron chi connectivity index (χ2n) is 4.47. The number of hydrogen-bond donors (Lipinski definition) is 0. The monoisotopic (exact) mass is 246 g/mol. The quantitative estimate of drug-likeness (QED) is 0.769. The van der Waals surface area contributed by atoms with Crippen LogP contribution in [-0.2, 0) is 9.53 Å². The lowest BCUT2D eigenvalue weighted by atomic mass is 9.90. The topological polar surface area (TPSA) is 35.5 Å². The van der Waals surface area contributed by atoms with E-state index in [0.29, 0.717) is 6.42 Å². The molecule has 0 spiro atoms. The summed E-state index contributed by atoms with van der Waals surface area (Å²) in [4.78, 5) is 11.9. The van der Waals surface area contributed by atoms with E-state index in [4.69, 9.17) is 9.47 Å². The van der Waals surface area contributed by atoms with Crippen molar-refractivity contribution in [1.82, 2.24) is 0 Å². The van der Waals surface area contributed by atoms with Crippen molar-refractivity contribution in [2.75, 3.05) is 14.2 Å². The van der Waals surface area contributed by atoms with Gasteiger partial charge in [0.25, 0.3) is 0 Å². The third-order valence-corrected chi connectivity index (χ3v) is 3.30. The van der Waals surface area contributed by atoms with E-state index in [1.165, 1.54) is 0 Å². The summed E-state index contributed by atoms with van der Waals surface area (Å²) in [5.74, 6) is 1.02. The van der Waals surface area contributed by atoms with E-state index in [0.717, 1.165) is 29.7 Å². The number of ketones is 1. The SMILES string of the molecule is COc1ccc(/C=C2/CCC(OC)CC2=O)cc1. The fourth-order valence-electron chi connectivity index (χ4n) is 2.15. The van der Waals surface area contributed by atoms with E-state index in [1.54, 1.807) is 14.2 Å². The lowest BCUT2D eigenvalue weighted by Gasteiger charge is -2.21. The van der Waals surface area contributed by atoms with Crippen LogP contribution in [0.4, 0.5) is 0 Å². The Morgan fingerprint density at radius 1 is 1.22 bits per heavy atom. The maximum absolute atomic E-state index is 11.9. The van der Waals surface area contributed by atoms with Gasteiger partial charge in [-0.2, -0.15) is 0 Å². The molecule has 0 aromatic heterocycles. The minimum absolute atomic E-state index is 0.0884. The molecule has 0 radical (unpaired) electrons. The fourth-order valence-corrected chi connectivity index (χ4v) is 2.15. The van der Waals surface area contributed by atoms with Crippen molar-refractivity contribution < 1.29 is 14.3 Å². The van der Waals surface area contributed by atoms with Crippen LogP contribution in [-0.4, -0.2) is 26.1 Å². The molecule has 0 saturated heterocycles. The Hall–Kier alpha value is -1.61. The number of methoxy groups -OCH3 is 2. The van der Waals surface area contributed by atoms with Crippen LogP contribution in [0.2, 0.25) is 0 Å². The van der Waals surface area contributed by atoms with Crippen LogP contribution >= 0.6 is 0 Å². The molecular weight excluding hydrogens is 228 g/mol. The molecule has 3 nitrogen and oxygen atoms in total. The van der Waals surface area contributed by atoms with E-state index in [2.05, 4.69) is 0 Å². The van der Waals surface area contributed by atoms with Gasteiger partial charge in [-0.3, -0.25) is 4.79 Å². The molecule has 1 fully saturated rings. The predicted octanol–water partition coefficient (Wildman–Crippen LogP) is 2.85. The summed E-state index contributed by atoms with van der Waals surface area (Å²) >= 11 is 0. The smallest absolute Gasteiger partial charge is 0.161 e. The van der Waals surface area contributed by atoms with Crippen LogP contribution in [0, 0.1) is 0 Å². The van der Waals surface area contributed by atoms with Crippen LogP contribution in [0.1, 0.15) is 24.8 Å². The van der Waals surface area contributed by atoms with E-state index in [-0.39, 0.29) is 11.9 Å². The molecule has 1 saturated carbocycles. The third kappa shape index (κ3) is 2.99. The summed E-state index contributed by atoms with van der Waals surface area (Å²) in [7, 11) is 3.30. The minimum atomic E-state index is 0.0884. The number of ether oxygens (including phenoxy) is 2. The van der Waals surface area contributed by atoms with Crippen molar-refractivity contribution in [2.24, 2.45) is 0 Å². The molecule has 1 aromatic carbocycles. The largest absolute Gasteiger partial charge is 0.497 e. The second kappa shape index (κ2) is 5.83. The Labute approximate surface area is 107 Å². The van der Waals surface area contributed by atoms with Crippen LogP contribution in [0.15, 0.2) is 29.8 Å². The molecule has 0 bridgehead atoms. The highest BCUT2D eigenvalue weighted by Gasteiger charge is 2.23. The first kappa shape index (κ1) is 12.8. The van der Waals surface area contributed by atoms with Crippen molar-refractivity contribution >= 4 is 11.9 Å². The zero-order chi connectivity index (χ0) is 13.0. The van der Waals surface area contributed by atoms with E-state index < -0.39 is 0 Å². The van der Waals surface area contributed by atoms with Gasteiger partial charge in [-0.05, 0) is 42.2 Å². The van der Waals surface area contributed by atoms with Crippen LogP contribution in [0.3, 0.4) is 0 Å². The zero-order valence-corrected chi connectivity index (χ0v) is 10.8. The number of rotatable bonds is 3. The molecule has 0 aliphatic heterocycles. The van der Waals surface area contributed by atoms with Gasteiger partial charge in [-0.15, -0.1) is 0 Å². The van der Waals surface area contributed by atoms with E-state index >= 15 is 0 Å². The summed E-state index contributed by atoms with van der Waals surface area (Å²) in [6.45, 7) is 0. The van der Waals surface area contributed by atoms with Gasteiger partial charge in [-0.1, -0.05) is 12.1 Å². The third-order valence-electron chi connectivity index (χ3n) is 3.30. The van der Waals surface area contributed by atoms with Crippen molar-refractivity contribution in [3.8, 4) is 5.75 Å². The predicted molar refractivity (Wildman–Crippen MR) is 70.6 cm³/mol. The molecule has 2 rings (SSSR count). The molecule has 1 aliphatic carbocycles. The van der Waals surface area contributed by atoms with Gasteiger partial charge < -0.3 is 9.47 Å². The number of carbonyl (C=O) groups excluding carboxylic acids is 1. The highest BCUT2D eigenvalue weighted by Crippen LogP contribution is 2.24. The molecule has 1 aliphatic rings. The van der Waals surface area contributed by atoms with Gasteiger partial charge >= 0.3 is 0 Å². The van der Waals surface area contributed by atoms with E-state index in [1.807, 2.05) is 30.3 Å². The lowest BCUT2D eigenvalue weighted by Crippen LogP contribution is -2.23. The highest BCUT2D eigenvalue weighted by molar-refractivity contribution is 6.00. The van der Waals surface area contributed by atoms with Gasteiger partial charge in [0.2, 0.25) is 0 Å². The standard InChI is InChI=1S/C15H18O3/c1-17-13-6-3-11(4-7-13)9-12-5-8-14(18-2)10-15(12)16/h3-4,6-7,9,14H,5,8,10H2,1-2H3/b12-9-. The van der Waals surface area contributed by atoms with Gasteiger partial charge in [-0.25, -0.2) is 0 Å². The summed E-state index contributed by atoms with van der Waals surface area (Å²) in [6, 6.07) is 7.72. The van der Waals surface area contributed by atoms with Crippen LogP contribution < -0.4 is 4.74 Å². The molecule has 0 amide bonds. The van der Waals surface area contributed by atoms with Crippen LogP contribution in [0.5, 0.6) is 5.75 Å². The zero-order valence-electron chi connectivity index (χ0n) is 10.8. The molecule has 1 aromatic rings. The van der Waals surface area contributed by atoms with Crippen molar-refractivity contribution in [2.45, 2.75) is 25.4 Å². The maximum Gasteiger partial charge on any atom is 0.161 e.